The number of hydrogen-bond acceptors (Lipinski definition) is 2. The van der Waals surface area contributed by atoms with Gasteiger partial charge in [0.1, 0.15) is 5.56 Å². The summed E-state index contributed by atoms with van der Waals surface area (Å²) in [5.74, 6) is -2.08. The summed E-state index contributed by atoms with van der Waals surface area (Å²) in [6, 6.07) is 2.56. The van der Waals surface area contributed by atoms with Gasteiger partial charge in [-0.15, -0.1) is 0 Å². The Labute approximate surface area is 87.7 Å². The molecule has 0 bridgehead atoms. The van der Waals surface area contributed by atoms with E-state index in [2.05, 4.69) is 4.74 Å². The maximum atomic E-state index is 13.0. The van der Waals surface area contributed by atoms with Gasteiger partial charge in [-0.1, -0.05) is 0 Å². The summed E-state index contributed by atoms with van der Waals surface area (Å²) in [6.07, 6.45) is 0. The van der Waals surface area contributed by atoms with Crippen molar-refractivity contribution >= 4 is 28.6 Å². The van der Waals surface area contributed by atoms with Gasteiger partial charge in [-0.05, 0) is 34.7 Å². The van der Waals surface area contributed by atoms with Crippen LogP contribution in [0.4, 0.5) is 4.39 Å². The monoisotopic (exact) mass is 296 g/mol. The van der Waals surface area contributed by atoms with Gasteiger partial charge in [0.15, 0.2) is 11.6 Å². The van der Waals surface area contributed by atoms with Gasteiger partial charge in [0.2, 0.25) is 0 Å². The molecule has 1 N–H and O–H groups in total. The summed E-state index contributed by atoms with van der Waals surface area (Å²) in [5, 5.41) is 8.75. The normalized spacial score (nSPS) is 9.77. The highest BCUT2D eigenvalue weighted by Crippen LogP contribution is 2.26. The molecule has 0 spiro atoms. The minimum atomic E-state index is -1.19. The molecular formula is C8H6FIO3. The lowest BCUT2D eigenvalue weighted by molar-refractivity contribution is 0.0691. The second kappa shape index (κ2) is 3.91. The number of benzene rings is 1. The first-order valence-electron chi connectivity index (χ1n) is 3.33. The molecule has 1 rings (SSSR count). The van der Waals surface area contributed by atoms with Crippen molar-refractivity contribution in [1.82, 2.24) is 0 Å². The van der Waals surface area contributed by atoms with Gasteiger partial charge < -0.3 is 9.84 Å². The van der Waals surface area contributed by atoms with Crippen molar-refractivity contribution in [3.05, 3.63) is 27.1 Å². The Balaban J connectivity index is 3.43. The lowest BCUT2D eigenvalue weighted by Crippen LogP contribution is -2.05. The van der Waals surface area contributed by atoms with E-state index in [-0.39, 0.29) is 11.3 Å². The van der Waals surface area contributed by atoms with Crippen LogP contribution in [0.3, 0.4) is 0 Å². The lowest BCUT2D eigenvalue weighted by Gasteiger charge is -2.06. The van der Waals surface area contributed by atoms with E-state index in [1.54, 1.807) is 0 Å². The maximum Gasteiger partial charge on any atom is 0.340 e. The quantitative estimate of drug-likeness (QED) is 0.851. The highest BCUT2D eigenvalue weighted by atomic mass is 127. The molecule has 0 aliphatic rings. The van der Waals surface area contributed by atoms with E-state index in [1.807, 2.05) is 22.6 Å². The SMILES string of the molecule is COc1c(F)ccc(I)c1C(=O)O. The van der Waals surface area contributed by atoms with Crippen molar-refractivity contribution in [3.63, 3.8) is 0 Å². The number of carbonyl (C=O) groups is 1. The number of hydrogen-bond donors (Lipinski definition) is 1. The number of carboxylic acid groups (broad SMARTS) is 1. The standard InChI is InChI=1S/C8H6FIO3/c1-13-7-4(9)2-3-5(10)6(7)8(11)12/h2-3H,1H3,(H,11,12). The van der Waals surface area contributed by atoms with Gasteiger partial charge >= 0.3 is 5.97 Å². The number of carboxylic acids is 1. The molecule has 0 aliphatic heterocycles. The fourth-order valence-corrected chi connectivity index (χ4v) is 1.59. The topological polar surface area (TPSA) is 46.5 Å². The first kappa shape index (κ1) is 10.2. The Hall–Kier alpha value is -0.850. The summed E-state index contributed by atoms with van der Waals surface area (Å²) in [4.78, 5) is 10.7. The smallest absolute Gasteiger partial charge is 0.340 e. The van der Waals surface area contributed by atoms with E-state index in [0.717, 1.165) is 0 Å². The summed E-state index contributed by atoms with van der Waals surface area (Å²) < 4.78 is 18.1. The number of ether oxygens (including phenoxy) is 1. The number of rotatable bonds is 2. The molecule has 0 aliphatic carbocycles. The highest BCUT2D eigenvalue weighted by Gasteiger charge is 2.18. The minimum absolute atomic E-state index is 0.136. The number of aromatic carboxylic acids is 1. The van der Waals surface area contributed by atoms with Crippen molar-refractivity contribution in [3.8, 4) is 5.75 Å². The van der Waals surface area contributed by atoms with Crippen LogP contribution in [0.2, 0.25) is 0 Å². The van der Waals surface area contributed by atoms with E-state index in [9.17, 15) is 9.18 Å². The molecule has 5 heteroatoms. The molecule has 0 radical (unpaired) electrons. The molecule has 0 aromatic heterocycles. The van der Waals surface area contributed by atoms with Gasteiger partial charge in [-0.3, -0.25) is 0 Å². The van der Waals surface area contributed by atoms with Crippen molar-refractivity contribution in [2.75, 3.05) is 7.11 Å². The van der Waals surface area contributed by atoms with Crippen LogP contribution in [0, 0.1) is 9.39 Å². The van der Waals surface area contributed by atoms with Gasteiger partial charge in [-0.25, -0.2) is 9.18 Å². The van der Waals surface area contributed by atoms with Crippen LogP contribution < -0.4 is 4.74 Å². The molecule has 0 fully saturated rings. The minimum Gasteiger partial charge on any atom is -0.493 e. The molecule has 0 heterocycles. The van der Waals surface area contributed by atoms with Gasteiger partial charge in [-0.2, -0.15) is 0 Å². The Morgan fingerprint density at radius 3 is 2.62 bits per heavy atom. The third kappa shape index (κ3) is 1.90. The Kier molecular flexibility index (Phi) is 3.07. The summed E-state index contributed by atoms with van der Waals surface area (Å²) >= 11 is 1.81. The van der Waals surface area contributed by atoms with E-state index in [1.165, 1.54) is 19.2 Å². The van der Waals surface area contributed by atoms with Crippen LogP contribution in [0.5, 0.6) is 5.75 Å². The average molecular weight is 296 g/mol. The van der Waals surface area contributed by atoms with E-state index in [0.29, 0.717) is 3.57 Å². The molecule has 0 atom stereocenters. The zero-order chi connectivity index (χ0) is 10.0. The van der Waals surface area contributed by atoms with Crippen molar-refractivity contribution < 1.29 is 19.0 Å². The average Bonchev–Trinajstić information content (AvgIpc) is 2.07. The predicted molar refractivity (Wildman–Crippen MR) is 52.6 cm³/mol. The first-order valence-corrected chi connectivity index (χ1v) is 4.41. The van der Waals surface area contributed by atoms with Crippen LogP contribution in [0.1, 0.15) is 10.4 Å². The van der Waals surface area contributed by atoms with Crippen LogP contribution in [0.25, 0.3) is 0 Å². The van der Waals surface area contributed by atoms with Gasteiger partial charge in [0.25, 0.3) is 0 Å². The fraction of sp³-hybridized carbons (Fsp3) is 0.125. The third-order valence-corrected chi connectivity index (χ3v) is 2.38. The fourth-order valence-electron chi connectivity index (χ4n) is 0.932. The molecule has 0 saturated carbocycles. The van der Waals surface area contributed by atoms with Crippen LogP contribution in [0.15, 0.2) is 12.1 Å². The Morgan fingerprint density at radius 2 is 2.23 bits per heavy atom. The molecule has 70 valence electrons. The van der Waals surface area contributed by atoms with Crippen LogP contribution in [-0.4, -0.2) is 18.2 Å². The van der Waals surface area contributed by atoms with Crippen LogP contribution in [-0.2, 0) is 0 Å². The molecule has 1 aromatic carbocycles. The molecular weight excluding hydrogens is 290 g/mol. The molecule has 1 aromatic rings. The molecule has 0 unspecified atom stereocenters. The van der Waals surface area contributed by atoms with Crippen molar-refractivity contribution in [2.24, 2.45) is 0 Å². The summed E-state index contributed by atoms with van der Waals surface area (Å²) in [7, 11) is 1.24. The molecule has 0 saturated heterocycles. The molecule has 3 nitrogen and oxygen atoms in total. The third-order valence-electron chi connectivity index (χ3n) is 1.48. The predicted octanol–water partition coefficient (Wildman–Crippen LogP) is 2.14. The summed E-state index contributed by atoms with van der Waals surface area (Å²) in [6.45, 7) is 0. The largest absolute Gasteiger partial charge is 0.493 e. The van der Waals surface area contributed by atoms with Crippen molar-refractivity contribution in [1.29, 1.82) is 0 Å². The second-order valence-electron chi connectivity index (χ2n) is 2.24. The lowest BCUT2D eigenvalue weighted by atomic mass is 10.2. The number of methoxy groups -OCH3 is 1. The van der Waals surface area contributed by atoms with Crippen molar-refractivity contribution in [2.45, 2.75) is 0 Å². The zero-order valence-corrected chi connectivity index (χ0v) is 8.83. The Morgan fingerprint density at radius 1 is 1.62 bits per heavy atom. The zero-order valence-electron chi connectivity index (χ0n) is 6.67. The van der Waals surface area contributed by atoms with Gasteiger partial charge in [0.05, 0.1) is 7.11 Å². The molecule has 13 heavy (non-hydrogen) atoms. The van der Waals surface area contributed by atoms with Crippen LogP contribution >= 0.6 is 22.6 Å². The maximum absolute atomic E-state index is 13.0. The molecule has 0 amide bonds. The van der Waals surface area contributed by atoms with E-state index >= 15 is 0 Å². The van der Waals surface area contributed by atoms with E-state index < -0.39 is 11.8 Å². The van der Waals surface area contributed by atoms with Gasteiger partial charge in [0, 0.05) is 3.57 Å². The first-order chi connectivity index (χ1) is 6.07. The summed E-state index contributed by atoms with van der Waals surface area (Å²) in [5.41, 5.74) is -0.136. The number of halogens is 2. The Bertz CT molecular complexity index is 351. The second-order valence-corrected chi connectivity index (χ2v) is 3.40. The van der Waals surface area contributed by atoms with E-state index in [4.69, 9.17) is 5.11 Å². The highest BCUT2D eigenvalue weighted by molar-refractivity contribution is 14.1.